The number of thiophene rings is 1. The molecule has 7 nitrogen and oxygen atoms in total. The molecule has 4 aromatic heterocycles. The van der Waals surface area contributed by atoms with Crippen LogP contribution in [0.15, 0.2) is 72.6 Å². The molecular weight excluding hydrogens is 432 g/mol. The Morgan fingerprint density at radius 3 is 2.67 bits per heavy atom. The van der Waals surface area contributed by atoms with Crippen LogP contribution in [0.5, 0.6) is 0 Å². The van der Waals surface area contributed by atoms with Crippen LogP contribution in [0.4, 0.5) is 5.82 Å². The van der Waals surface area contributed by atoms with E-state index in [-0.39, 0.29) is 5.91 Å². The van der Waals surface area contributed by atoms with Crippen molar-refractivity contribution in [2.45, 2.75) is 0 Å². The summed E-state index contributed by atoms with van der Waals surface area (Å²) in [6.07, 6.45) is 5.13. The molecule has 1 aliphatic rings. The molecule has 6 rings (SSSR count). The summed E-state index contributed by atoms with van der Waals surface area (Å²) in [5, 5.41) is 3.98. The zero-order chi connectivity index (χ0) is 22.2. The molecule has 0 atom stereocenters. The molecule has 1 fully saturated rings. The van der Waals surface area contributed by atoms with Gasteiger partial charge in [0.05, 0.1) is 22.2 Å². The lowest BCUT2D eigenvalue weighted by Gasteiger charge is -2.35. The number of amides is 1. The van der Waals surface area contributed by atoms with Gasteiger partial charge in [-0.05, 0) is 35.7 Å². The molecule has 1 aliphatic heterocycles. The summed E-state index contributed by atoms with van der Waals surface area (Å²) in [5.74, 6) is 0.975. The SMILES string of the molecule is O=C(c1cc(-c2cccnc2)nc2ccccc12)N1CCN(c2ncnc3sccc23)CC1. The van der Waals surface area contributed by atoms with Crippen LogP contribution in [-0.2, 0) is 0 Å². The summed E-state index contributed by atoms with van der Waals surface area (Å²) >= 11 is 1.62. The Labute approximate surface area is 194 Å². The largest absolute Gasteiger partial charge is 0.352 e. The summed E-state index contributed by atoms with van der Waals surface area (Å²) in [6, 6.07) is 15.6. The number of hydrogen-bond acceptors (Lipinski definition) is 7. The van der Waals surface area contributed by atoms with E-state index in [2.05, 4.69) is 25.9 Å². The minimum atomic E-state index is 0.0294. The minimum Gasteiger partial charge on any atom is -0.352 e. The number of anilines is 1. The molecule has 162 valence electrons. The number of fused-ring (bicyclic) bond motifs is 2. The van der Waals surface area contributed by atoms with Gasteiger partial charge in [0.2, 0.25) is 0 Å². The van der Waals surface area contributed by atoms with Gasteiger partial charge >= 0.3 is 0 Å². The summed E-state index contributed by atoms with van der Waals surface area (Å²) in [7, 11) is 0. The highest BCUT2D eigenvalue weighted by molar-refractivity contribution is 7.16. The number of carbonyl (C=O) groups is 1. The number of para-hydroxylation sites is 1. The minimum absolute atomic E-state index is 0.0294. The lowest BCUT2D eigenvalue weighted by Crippen LogP contribution is -2.49. The summed E-state index contributed by atoms with van der Waals surface area (Å²) in [6.45, 7) is 2.72. The zero-order valence-corrected chi connectivity index (χ0v) is 18.6. The van der Waals surface area contributed by atoms with Gasteiger partial charge in [-0.15, -0.1) is 11.3 Å². The number of piperazine rings is 1. The molecule has 1 amide bonds. The van der Waals surface area contributed by atoms with E-state index in [1.165, 1.54) is 0 Å². The van der Waals surface area contributed by atoms with E-state index in [9.17, 15) is 4.79 Å². The van der Waals surface area contributed by atoms with Gasteiger partial charge in [0.1, 0.15) is 17.0 Å². The number of hydrogen-bond donors (Lipinski definition) is 0. The topological polar surface area (TPSA) is 75.1 Å². The molecule has 5 aromatic rings. The molecule has 0 spiro atoms. The third kappa shape index (κ3) is 3.58. The first kappa shape index (κ1) is 19.8. The number of nitrogens with zero attached hydrogens (tertiary/aromatic N) is 6. The third-order valence-electron chi connectivity index (χ3n) is 6.01. The van der Waals surface area contributed by atoms with Crippen LogP contribution < -0.4 is 4.90 Å². The highest BCUT2D eigenvalue weighted by atomic mass is 32.1. The van der Waals surface area contributed by atoms with E-state index >= 15 is 0 Å². The molecule has 0 aliphatic carbocycles. The normalized spacial score (nSPS) is 14.2. The van der Waals surface area contributed by atoms with Crippen molar-refractivity contribution in [2.75, 3.05) is 31.1 Å². The lowest BCUT2D eigenvalue weighted by atomic mass is 10.0. The van der Waals surface area contributed by atoms with E-state index in [4.69, 9.17) is 4.98 Å². The monoisotopic (exact) mass is 452 g/mol. The van der Waals surface area contributed by atoms with Crippen LogP contribution in [-0.4, -0.2) is 56.9 Å². The number of pyridine rings is 2. The van der Waals surface area contributed by atoms with E-state index in [0.717, 1.165) is 51.3 Å². The predicted octanol–water partition coefficient (Wildman–Crippen LogP) is 4.26. The van der Waals surface area contributed by atoms with Crippen LogP contribution in [0.25, 0.3) is 32.4 Å². The number of benzene rings is 1. The highest BCUT2D eigenvalue weighted by Gasteiger charge is 2.26. The van der Waals surface area contributed by atoms with Crippen LogP contribution in [0.1, 0.15) is 10.4 Å². The fourth-order valence-corrected chi connectivity index (χ4v) is 5.06. The van der Waals surface area contributed by atoms with Crippen LogP contribution in [0.3, 0.4) is 0 Å². The number of carbonyl (C=O) groups excluding carboxylic acids is 1. The molecule has 33 heavy (non-hydrogen) atoms. The Morgan fingerprint density at radius 1 is 0.939 bits per heavy atom. The maximum absolute atomic E-state index is 13.7. The summed E-state index contributed by atoms with van der Waals surface area (Å²) in [4.78, 5) is 36.7. The van der Waals surface area contributed by atoms with Crippen molar-refractivity contribution in [3.63, 3.8) is 0 Å². The molecule has 1 saturated heterocycles. The first-order valence-electron chi connectivity index (χ1n) is 10.8. The second kappa shape index (κ2) is 8.22. The molecule has 8 heteroatoms. The first-order valence-corrected chi connectivity index (χ1v) is 11.7. The molecule has 1 aromatic carbocycles. The Hall–Kier alpha value is -3.91. The average Bonchev–Trinajstić information content (AvgIpc) is 3.37. The summed E-state index contributed by atoms with van der Waals surface area (Å²) < 4.78 is 0. The Morgan fingerprint density at radius 2 is 1.82 bits per heavy atom. The van der Waals surface area contributed by atoms with Crippen molar-refractivity contribution in [1.82, 2.24) is 24.8 Å². The zero-order valence-electron chi connectivity index (χ0n) is 17.8. The van der Waals surface area contributed by atoms with E-state index < -0.39 is 0 Å². The molecule has 0 N–H and O–H groups in total. The standard InChI is InChI=1S/C25H20N6OS/c32-25(31-11-9-30(10-12-31)23-19-7-13-33-24(19)28-16-27-23)20-14-22(17-4-3-8-26-15-17)29-21-6-2-1-5-18(20)21/h1-8,13-16H,9-12H2. The number of aromatic nitrogens is 4. The smallest absolute Gasteiger partial charge is 0.254 e. The fourth-order valence-electron chi connectivity index (χ4n) is 4.34. The van der Waals surface area contributed by atoms with Gasteiger partial charge in [-0.1, -0.05) is 18.2 Å². The van der Waals surface area contributed by atoms with Gasteiger partial charge in [0.25, 0.3) is 5.91 Å². The Balaban J connectivity index is 1.30. The van der Waals surface area contributed by atoms with Crippen molar-refractivity contribution >= 4 is 44.2 Å². The maximum Gasteiger partial charge on any atom is 0.254 e. The third-order valence-corrected chi connectivity index (χ3v) is 6.83. The van der Waals surface area contributed by atoms with Gasteiger partial charge in [-0.3, -0.25) is 9.78 Å². The van der Waals surface area contributed by atoms with Crippen LogP contribution in [0.2, 0.25) is 0 Å². The van der Waals surface area contributed by atoms with Gasteiger partial charge in [-0.2, -0.15) is 0 Å². The Bertz CT molecular complexity index is 1460. The van der Waals surface area contributed by atoms with Gasteiger partial charge in [0, 0.05) is 49.5 Å². The van der Waals surface area contributed by atoms with Crippen molar-refractivity contribution < 1.29 is 4.79 Å². The van der Waals surface area contributed by atoms with Gasteiger partial charge < -0.3 is 9.80 Å². The molecule has 0 bridgehead atoms. The van der Waals surface area contributed by atoms with Gasteiger partial charge in [0.15, 0.2) is 0 Å². The summed E-state index contributed by atoms with van der Waals surface area (Å²) in [5.41, 5.74) is 3.13. The van der Waals surface area contributed by atoms with E-state index in [1.807, 2.05) is 52.7 Å². The maximum atomic E-state index is 13.7. The molecule has 0 radical (unpaired) electrons. The van der Waals surface area contributed by atoms with E-state index in [0.29, 0.717) is 18.7 Å². The quantitative estimate of drug-likeness (QED) is 0.407. The predicted molar refractivity (Wildman–Crippen MR) is 131 cm³/mol. The van der Waals surface area contributed by atoms with Crippen LogP contribution in [0, 0.1) is 0 Å². The number of rotatable bonds is 3. The highest BCUT2D eigenvalue weighted by Crippen LogP contribution is 2.29. The van der Waals surface area contributed by atoms with E-state index in [1.54, 1.807) is 30.1 Å². The van der Waals surface area contributed by atoms with Crippen LogP contribution >= 0.6 is 11.3 Å². The van der Waals surface area contributed by atoms with Crippen molar-refractivity contribution in [3.8, 4) is 11.3 Å². The molecular formula is C25H20N6OS. The lowest BCUT2D eigenvalue weighted by molar-refractivity contribution is 0.0748. The van der Waals surface area contributed by atoms with Crippen molar-refractivity contribution in [1.29, 1.82) is 0 Å². The second-order valence-corrected chi connectivity index (χ2v) is 8.82. The van der Waals surface area contributed by atoms with Crippen molar-refractivity contribution in [2.24, 2.45) is 0 Å². The first-order chi connectivity index (χ1) is 16.3. The second-order valence-electron chi connectivity index (χ2n) is 7.93. The molecule has 0 saturated carbocycles. The average molecular weight is 453 g/mol. The fraction of sp³-hybridized carbons (Fsp3) is 0.160. The van der Waals surface area contributed by atoms with Gasteiger partial charge in [-0.25, -0.2) is 15.0 Å². The molecule has 0 unspecified atom stereocenters. The van der Waals surface area contributed by atoms with Crippen molar-refractivity contribution in [3.05, 3.63) is 78.2 Å². The molecule has 5 heterocycles. The Kier molecular flexibility index (Phi) is 4.92.